The third-order valence-corrected chi connectivity index (χ3v) is 2.54. The van der Waals surface area contributed by atoms with E-state index in [1.54, 1.807) is 13.1 Å². The molecule has 4 nitrogen and oxygen atoms in total. The van der Waals surface area contributed by atoms with E-state index < -0.39 is 0 Å². The van der Waals surface area contributed by atoms with Gasteiger partial charge in [-0.15, -0.1) is 0 Å². The molecular weight excluding hydrogens is 204 g/mol. The molecule has 4 heteroatoms. The number of benzene rings is 1. The fourth-order valence-corrected chi connectivity index (χ4v) is 1.78. The van der Waals surface area contributed by atoms with Crippen LogP contribution in [0.5, 0.6) is 0 Å². The van der Waals surface area contributed by atoms with E-state index in [9.17, 15) is 10.1 Å². The molecule has 2 aromatic rings. The maximum Gasteiger partial charge on any atom is 0.293 e. The van der Waals surface area contributed by atoms with Gasteiger partial charge in [0, 0.05) is 12.6 Å². The van der Waals surface area contributed by atoms with E-state index in [0.717, 1.165) is 11.1 Å². The molecule has 16 heavy (non-hydrogen) atoms. The van der Waals surface area contributed by atoms with Crippen LogP contribution in [0.2, 0.25) is 0 Å². The standard InChI is InChI=1S/C12H12N2O2/c1-9-12(14(15)16)11(8-13-9)7-10-5-3-2-4-6-10/h2-6,8,13H,7H2,1H3. The van der Waals surface area contributed by atoms with Crippen LogP contribution in [0.1, 0.15) is 16.8 Å². The zero-order chi connectivity index (χ0) is 11.5. The number of nitro groups is 1. The van der Waals surface area contributed by atoms with E-state index in [1.807, 2.05) is 30.3 Å². The molecule has 0 fully saturated rings. The number of rotatable bonds is 3. The van der Waals surface area contributed by atoms with Gasteiger partial charge in [0.1, 0.15) is 0 Å². The molecule has 82 valence electrons. The highest BCUT2D eigenvalue weighted by Crippen LogP contribution is 2.24. The summed E-state index contributed by atoms with van der Waals surface area (Å²) in [5.41, 5.74) is 2.61. The molecule has 1 aromatic heterocycles. The van der Waals surface area contributed by atoms with Crippen LogP contribution >= 0.6 is 0 Å². The van der Waals surface area contributed by atoms with Gasteiger partial charge >= 0.3 is 0 Å². The van der Waals surface area contributed by atoms with E-state index in [0.29, 0.717) is 12.1 Å². The summed E-state index contributed by atoms with van der Waals surface area (Å²) in [7, 11) is 0. The van der Waals surface area contributed by atoms with Gasteiger partial charge in [0.25, 0.3) is 5.69 Å². The molecule has 0 aliphatic rings. The Kier molecular flexibility index (Phi) is 2.72. The lowest BCUT2D eigenvalue weighted by molar-refractivity contribution is -0.386. The molecule has 0 aliphatic heterocycles. The Hall–Kier alpha value is -2.10. The van der Waals surface area contributed by atoms with E-state index in [1.165, 1.54) is 0 Å². The minimum atomic E-state index is -0.329. The minimum absolute atomic E-state index is 0.198. The van der Waals surface area contributed by atoms with Gasteiger partial charge < -0.3 is 4.98 Å². The summed E-state index contributed by atoms with van der Waals surface area (Å²) >= 11 is 0. The predicted molar refractivity (Wildman–Crippen MR) is 61.4 cm³/mol. The lowest BCUT2D eigenvalue weighted by Crippen LogP contribution is -1.94. The van der Waals surface area contributed by atoms with Crippen molar-refractivity contribution in [2.24, 2.45) is 0 Å². The topological polar surface area (TPSA) is 58.9 Å². The van der Waals surface area contributed by atoms with Crippen molar-refractivity contribution in [1.29, 1.82) is 0 Å². The Bertz CT molecular complexity index is 503. The van der Waals surface area contributed by atoms with Crippen molar-refractivity contribution in [2.45, 2.75) is 13.3 Å². The third kappa shape index (κ3) is 1.95. The number of aryl methyl sites for hydroxylation is 1. The van der Waals surface area contributed by atoms with Crippen molar-refractivity contribution in [3.8, 4) is 0 Å². The molecule has 0 atom stereocenters. The first-order valence-corrected chi connectivity index (χ1v) is 5.03. The van der Waals surface area contributed by atoms with Crippen LogP contribution in [0.25, 0.3) is 0 Å². The molecule has 2 rings (SSSR count). The van der Waals surface area contributed by atoms with E-state index in [2.05, 4.69) is 4.98 Å². The first kappa shape index (κ1) is 10.4. The van der Waals surface area contributed by atoms with Gasteiger partial charge in [-0.2, -0.15) is 0 Å². The first-order valence-electron chi connectivity index (χ1n) is 5.03. The highest BCUT2D eigenvalue weighted by Gasteiger charge is 2.18. The number of hydrogen-bond donors (Lipinski definition) is 1. The second-order valence-corrected chi connectivity index (χ2v) is 3.71. The van der Waals surface area contributed by atoms with Gasteiger partial charge in [-0.3, -0.25) is 10.1 Å². The number of hydrogen-bond acceptors (Lipinski definition) is 2. The van der Waals surface area contributed by atoms with Crippen LogP contribution < -0.4 is 0 Å². The molecule has 1 heterocycles. The SMILES string of the molecule is Cc1[nH]cc(Cc2ccccc2)c1[N+](=O)[O-]. The quantitative estimate of drug-likeness (QED) is 0.633. The third-order valence-electron chi connectivity index (χ3n) is 2.54. The van der Waals surface area contributed by atoms with Gasteiger partial charge in [-0.25, -0.2) is 0 Å². The molecule has 0 amide bonds. The van der Waals surface area contributed by atoms with Crippen LogP contribution in [-0.4, -0.2) is 9.91 Å². The second kappa shape index (κ2) is 4.18. The monoisotopic (exact) mass is 216 g/mol. The molecule has 0 unspecified atom stereocenters. The maximum absolute atomic E-state index is 10.9. The maximum atomic E-state index is 10.9. The van der Waals surface area contributed by atoms with E-state index >= 15 is 0 Å². The summed E-state index contributed by atoms with van der Waals surface area (Å²) in [5, 5.41) is 10.9. The van der Waals surface area contributed by atoms with Crippen molar-refractivity contribution >= 4 is 5.69 Å². The van der Waals surface area contributed by atoms with Crippen LogP contribution in [0.4, 0.5) is 5.69 Å². The van der Waals surface area contributed by atoms with Crippen molar-refractivity contribution in [3.63, 3.8) is 0 Å². The van der Waals surface area contributed by atoms with E-state index in [-0.39, 0.29) is 10.6 Å². The summed E-state index contributed by atoms with van der Waals surface area (Å²) < 4.78 is 0. The lowest BCUT2D eigenvalue weighted by atomic mass is 10.1. The number of aromatic amines is 1. The van der Waals surface area contributed by atoms with Gasteiger partial charge in [0.2, 0.25) is 0 Å². The molecule has 0 saturated heterocycles. The Morgan fingerprint density at radius 1 is 1.31 bits per heavy atom. The Balaban J connectivity index is 2.32. The van der Waals surface area contributed by atoms with Gasteiger partial charge in [0.15, 0.2) is 0 Å². The summed E-state index contributed by atoms with van der Waals surface area (Å²) in [4.78, 5) is 13.4. The smallest absolute Gasteiger partial charge is 0.293 e. The van der Waals surface area contributed by atoms with Gasteiger partial charge in [-0.1, -0.05) is 30.3 Å². The number of nitrogens with zero attached hydrogens (tertiary/aromatic N) is 1. The normalized spacial score (nSPS) is 10.3. The van der Waals surface area contributed by atoms with Gasteiger partial charge in [0.05, 0.1) is 16.2 Å². The average molecular weight is 216 g/mol. The summed E-state index contributed by atoms with van der Waals surface area (Å²) in [5.74, 6) is 0. The van der Waals surface area contributed by atoms with E-state index in [4.69, 9.17) is 0 Å². The largest absolute Gasteiger partial charge is 0.359 e. The average Bonchev–Trinajstić information content (AvgIpc) is 2.61. The summed E-state index contributed by atoms with van der Waals surface area (Å²) in [6.45, 7) is 1.71. The predicted octanol–water partition coefficient (Wildman–Crippen LogP) is 2.82. The summed E-state index contributed by atoms with van der Waals surface area (Å²) in [6.07, 6.45) is 2.29. The van der Waals surface area contributed by atoms with Crippen molar-refractivity contribution in [3.05, 3.63) is 63.5 Å². The first-order chi connectivity index (χ1) is 7.68. The molecule has 0 bridgehead atoms. The number of nitrogens with one attached hydrogen (secondary N) is 1. The van der Waals surface area contributed by atoms with Gasteiger partial charge in [-0.05, 0) is 12.5 Å². The van der Waals surface area contributed by atoms with Crippen LogP contribution in [0.3, 0.4) is 0 Å². The van der Waals surface area contributed by atoms with Crippen LogP contribution in [-0.2, 0) is 6.42 Å². The molecule has 0 radical (unpaired) electrons. The fourth-order valence-electron chi connectivity index (χ4n) is 1.78. The molecule has 1 N–H and O–H groups in total. The van der Waals surface area contributed by atoms with Crippen molar-refractivity contribution in [2.75, 3.05) is 0 Å². The Labute approximate surface area is 93.1 Å². The second-order valence-electron chi connectivity index (χ2n) is 3.71. The number of aromatic nitrogens is 1. The van der Waals surface area contributed by atoms with Crippen LogP contribution in [0, 0.1) is 17.0 Å². The molecule has 0 saturated carbocycles. The fraction of sp³-hybridized carbons (Fsp3) is 0.167. The highest BCUT2D eigenvalue weighted by molar-refractivity contribution is 5.46. The zero-order valence-electron chi connectivity index (χ0n) is 8.93. The molecule has 0 spiro atoms. The highest BCUT2D eigenvalue weighted by atomic mass is 16.6. The number of H-pyrrole nitrogens is 1. The zero-order valence-corrected chi connectivity index (χ0v) is 8.93. The Morgan fingerprint density at radius 3 is 2.62 bits per heavy atom. The molecule has 0 aliphatic carbocycles. The van der Waals surface area contributed by atoms with Crippen molar-refractivity contribution < 1.29 is 4.92 Å². The lowest BCUT2D eigenvalue weighted by Gasteiger charge is -1.98. The minimum Gasteiger partial charge on any atom is -0.359 e. The Morgan fingerprint density at radius 2 is 2.00 bits per heavy atom. The molecular formula is C12H12N2O2. The van der Waals surface area contributed by atoms with Crippen LogP contribution in [0.15, 0.2) is 36.5 Å². The molecule has 1 aromatic carbocycles. The summed E-state index contributed by atoms with van der Waals surface area (Å²) in [6, 6.07) is 9.72. The van der Waals surface area contributed by atoms with Crippen molar-refractivity contribution in [1.82, 2.24) is 4.98 Å².